The molecule has 0 aromatic carbocycles. The Morgan fingerprint density at radius 1 is 1.58 bits per heavy atom. The lowest BCUT2D eigenvalue weighted by Gasteiger charge is -2.05. The van der Waals surface area contributed by atoms with Crippen molar-refractivity contribution >= 4 is 6.29 Å². The van der Waals surface area contributed by atoms with Gasteiger partial charge in [0.15, 0.2) is 6.29 Å². The molecule has 0 bridgehead atoms. The van der Waals surface area contributed by atoms with Gasteiger partial charge in [0.2, 0.25) is 0 Å². The fourth-order valence-corrected chi connectivity index (χ4v) is 0.984. The van der Waals surface area contributed by atoms with Gasteiger partial charge in [0.25, 0.3) is 6.43 Å². The summed E-state index contributed by atoms with van der Waals surface area (Å²) >= 11 is 0. The van der Waals surface area contributed by atoms with E-state index in [-0.39, 0.29) is 16.8 Å². The quantitative estimate of drug-likeness (QED) is 0.638. The van der Waals surface area contributed by atoms with E-state index in [9.17, 15) is 13.6 Å². The van der Waals surface area contributed by atoms with Crippen LogP contribution in [0, 0.1) is 6.92 Å². The molecule has 0 saturated heterocycles. The Kier molecular flexibility index (Phi) is 2.47. The first-order valence-corrected chi connectivity index (χ1v) is 3.35. The molecule has 0 aliphatic heterocycles. The van der Waals surface area contributed by atoms with Gasteiger partial charge < -0.3 is 0 Å². The average Bonchev–Trinajstić information content (AvgIpc) is 2.03. The summed E-state index contributed by atoms with van der Waals surface area (Å²) in [5, 5.41) is 0. The van der Waals surface area contributed by atoms with Crippen molar-refractivity contribution in [2.45, 2.75) is 13.3 Å². The van der Waals surface area contributed by atoms with E-state index in [0.717, 1.165) is 0 Å². The van der Waals surface area contributed by atoms with Crippen molar-refractivity contribution in [3.05, 3.63) is 29.1 Å². The van der Waals surface area contributed by atoms with Gasteiger partial charge in [-0.3, -0.25) is 9.78 Å². The minimum Gasteiger partial charge on any atom is -0.298 e. The molecule has 1 aromatic heterocycles. The Labute approximate surface area is 68.2 Å². The van der Waals surface area contributed by atoms with E-state index in [1.165, 1.54) is 19.2 Å². The number of nitrogens with zero attached hydrogens (tertiary/aromatic N) is 1. The van der Waals surface area contributed by atoms with Crippen molar-refractivity contribution in [1.82, 2.24) is 4.98 Å². The van der Waals surface area contributed by atoms with E-state index >= 15 is 0 Å². The second kappa shape index (κ2) is 3.38. The molecular formula is C8H7F2NO. The molecule has 0 unspecified atom stereocenters. The van der Waals surface area contributed by atoms with Crippen LogP contribution < -0.4 is 0 Å². The molecule has 1 rings (SSSR count). The van der Waals surface area contributed by atoms with E-state index < -0.39 is 6.43 Å². The van der Waals surface area contributed by atoms with E-state index in [2.05, 4.69) is 4.98 Å². The summed E-state index contributed by atoms with van der Waals surface area (Å²) in [6, 6.07) is 1.28. The summed E-state index contributed by atoms with van der Waals surface area (Å²) in [7, 11) is 0. The summed E-state index contributed by atoms with van der Waals surface area (Å²) in [6.45, 7) is 1.45. The number of aryl methyl sites for hydroxylation is 1. The van der Waals surface area contributed by atoms with E-state index in [4.69, 9.17) is 0 Å². The first-order chi connectivity index (χ1) is 5.66. The molecule has 12 heavy (non-hydrogen) atoms. The van der Waals surface area contributed by atoms with Crippen LogP contribution in [0.1, 0.15) is 28.0 Å². The SMILES string of the molecule is Cc1nccc(C=O)c1C(F)F. The Morgan fingerprint density at radius 3 is 2.67 bits per heavy atom. The number of halogens is 2. The fourth-order valence-electron chi connectivity index (χ4n) is 0.984. The molecular weight excluding hydrogens is 164 g/mol. The van der Waals surface area contributed by atoms with E-state index in [1.54, 1.807) is 0 Å². The van der Waals surface area contributed by atoms with Gasteiger partial charge in [-0.25, -0.2) is 8.78 Å². The zero-order valence-electron chi connectivity index (χ0n) is 6.42. The van der Waals surface area contributed by atoms with Gasteiger partial charge in [0.05, 0.1) is 0 Å². The van der Waals surface area contributed by atoms with Crippen LogP contribution in [-0.2, 0) is 0 Å². The van der Waals surface area contributed by atoms with Crippen LogP contribution in [0.2, 0.25) is 0 Å². The number of alkyl halides is 2. The average molecular weight is 171 g/mol. The van der Waals surface area contributed by atoms with Gasteiger partial charge in [-0.05, 0) is 13.0 Å². The Morgan fingerprint density at radius 2 is 2.25 bits per heavy atom. The highest BCUT2D eigenvalue weighted by Gasteiger charge is 2.15. The van der Waals surface area contributed by atoms with Crippen LogP contribution in [0.3, 0.4) is 0 Å². The van der Waals surface area contributed by atoms with Crippen LogP contribution in [0.4, 0.5) is 8.78 Å². The molecule has 1 aromatic rings. The van der Waals surface area contributed by atoms with Crippen LogP contribution in [0.5, 0.6) is 0 Å². The summed E-state index contributed by atoms with van der Waals surface area (Å²) in [6.07, 6.45) is -0.889. The standard InChI is InChI=1S/C8H7F2NO/c1-5-7(8(9)10)6(4-12)2-3-11-5/h2-4,8H,1H3. The third-order valence-electron chi connectivity index (χ3n) is 1.57. The number of hydrogen-bond donors (Lipinski definition) is 0. The van der Waals surface area contributed by atoms with Crippen molar-refractivity contribution in [1.29, 1.82) is 0 Å². The fraction of sp³-hybridized carbons (Fsp3) is 0.250. The number of carbonyl (C=O) groups excluding carboxylic acids is 1. The predicted molar refractivity (Wildman–Crippen MR) is 39.3 cm³/mol. The highest BCUT2D eigenvalue weighted by atomic mass is 19.3. The zero-order valence-corrected chi connectivity index (χ0v) is 6.42. The zero-order chi connectivity index (χ0) is 9.14. The lowest BCUT2D eigenvalue weighted by atomic mass is 10.1. The molecule has 0 N–H and O–H groups in total. The molecule has 1 heterocycles. The third-order valence-corrected chi connectivity index (χ3v) is 1.57. The van der Waals surface area contributed by atoms with Crippen molar-refractivity contribution in [3.8, 4) is 0 Å². The van der Waals surface area contributed by atoms with Gasteiger partial charge in [0.1, 0.15) is 0 Å². The van der Waals surface area contributed by atoms with Crippen LogP contribution in [-0.4, -0.2) is 11.3 Å². The molecule has 64 valence electrons. The summed E-state index contributed by atoms with van der Waals surface area (Å²) in [5.74, 6) is 0. The van der Waals surface area contributed by atoms with Gasteiger partial charge in [0, 0.05) is 23.0 Å². The largest absolute Gasteiger partial charge is 0.298 e. The van der Waals surface area contributed by atoms with Crippen LogP contribution >= 0.6 is 0 Å². The topological polar surface area (TPSA) is 30.0 Å². The highest BCUT2D eigenvalue weighted by molar-refractivity contribution is 5.77. The third kappa shape index (κ3) is 1.47. The minimum atomic E-state index is -2.64. The molecule has 0 radical (unpaired) electrons. The molecule has 2 nitrogen and oxygen atoms in total. The maximum Gasteiger partial charge on any atom is 0.266 e. The lowest BCUT2D eigenvalue weighted by molar-refractivity contribution is 0.110. The molecule has 0 aliphatic rings. The lowest BCUT2D eigenvalue weighted by Crippen LogP contribution is -1.98. The molecule has 0 spiro atoms. The van der Waals surface area contributed by atoms with Crippen molar-refractivity contribution in [2.24, 2.45) is 0 Å². The number of aldehydes is 1. The van der Waals surface area contributed by atoms with Crippen LogP contribution in [0.25, 0.3) is 0 Å². The first kappa shape index (κ1) is 8.77. The number of hydrogen-bond acceptors (Lipinski definition) is 2. The predicted octanol–water partition coefficient (Wildman–Crippen LogP) is 2.14. The number of carbonyl (C=O) groups is 1. The number of aromatic nitrogens is 1. The number of pyridine rings is 1. The molecule has 0 fully saturated rings. The minimum absolute atomic E-state index is 0.0116. The highest BCUT2D eigenvalue weighted by Crippen LogP contribution is 2.23. The van der Waals surface area contributed by atoms with E-state index in [0.29, 0.717) is 6.29 Å². The summed E-state index contributed by atoms with van der Waals surface area (Å²) in [5.41, 5.74) is -0.0559. The first-order valence-electron chi connectivity index (χ1n) is 3.35. The second-order valence-electron chi connectivity index (χ2n) is 2.32. The maximum absolute atomic E-state index is 12.3. The van der Waals surface area contributed by atoms with E-state index in [1.807, 2.05) is 0 Å². The van der Waals surface area contributed by atoms with Gasteiger partial charge in [-0.1, -0.05) is 0 Å². The molecule has 4 heteroatoms. The molecule has 0 atom stereocenters. The monoisotopic (exact) mass is 171 g/mol. The van der Waals surface area contributed by atoms with Gasteiger partial charge >= 0.3 is 0 Å². The second-order valence-corrected chi connectivity index (χ2v) is 2.32. The molecule has 0 aliphatic carbocycles. The maximum atomic E-state index is 12.3. The van der Waals surface area contributed by atoms with Crippen molar-refractivity contribution < 1.29 is 13.6 Å². The molecule has 0 saturated carbocycles. The Bertz CT molecular complexity index is 299. The number of rotatable bonds is 2. The molecule has 0 amide bonds. The Hall–Kier alpha value is -1.32. The normalized spacial score (nSPS) is 10.3. The summed E-state index contributed by atoms with van der Waals surface area (Å²) in [4.78, 5) is 14.0. The van der Waals surface area contributed by atoms with Crippen molar-refractivity contribution in [3.63, 3.8) is 0 Å². The van der Waals surface area contributed by atoms with Gasteiger partial charge in [-0.2, -0.15) is 0 Å². The van der Waals surface area contributed by atoms with Crippen molar-refractivity contribution in [2.75, 3.05) is 0 Å². The van der Waals surface area contributed by atoms with Crippen LogP contribution in [0.15, 0.2) is 12.3 Å². The van der Waals surface area contributed by atoms with Gasteiger partial charge in [-0.15, -0.1) is 0 Å². The Balaban J connectivity index is 3.29. The smallest absolute Gasteiger partial charge is 0.266 e. The summed E-state index contributed by atoms with van der Waals surface area (Å²) < 4.78 is 24.6.